The van der Waals surface area contributed by atoms with Gasteiger partial charge in [-0.3, -0.25) is 4.90 Å². The molecule has 2 rings (SSSR count). The number of hydrogen-bond acceptors (Lipinski definition) is 1. The van der Waals surface area contributed by atoms with Crippen molar-refractivity contribution in [2.24, 2.45) is 0 Å². The smallest absolute Gasteiger partial charge is 0.150 e. The summed E-state index contributed by atoms with van der Waals surface area (Å²) in [5.74, 6) is -1.07. The Balaban J connectivity index is 2.28. The van der Waals surface area contributed by atoms with E-state index in [1.165, 1.54) is 43.4 Å². The zero-order valence-electron chi connectivity index (χ0n) is 15.9. The van der Waals surface area contributed by atoms with Crippen LogP contribution in [0.25, 0.3) is 5.69 Å². The normalized spacial score (nSPS) is 11.5. The molecule has 1 aromatic heterocycles. The van der Waals surface area contributed by atoms with E-state index in [1.807, 2.05) is 18.4 Å². The van der Waals surface area contributed by atoms with E-state index in [9.17, 15) is 8.78 Å². The molecule has 1 heterocycles. The van der Waals surface area contributed by atoms with E-state index in [1.54, 1.807) is 0 Å². The monoisotopic (exact) mass is 348 g/mol. The second-order valence-electron chi connectivity index (χ2n) is 6.81. The molecule has 0 spiro atoms. The van der Waals surface area contributed by atoms with Gasteiger partial charge in [0.25, 0.3) is 0 Å². The predicted molar refractivity (Wildman–Crippen MR) is 100 cm³/mol. The standard InChI is InChI=1S/C21H30F2N2/c1-5-7-11-24(12-8-6-2)15-18-13-16(3)25(17(18)4)21-10-9-19(22)14-20(21)23/h9-10,13-14H,5-8,11-12,15H2,1-4H3. The van der Waals surface area contributed by atoms with Gasteiger partial charge in [0.15, 0.2) is 0 Å². The van der Waals surface area contributed by atoms with Crippen molar-refractivity contribution in [1.82, 2.24) is 9.47 Å². The number of hydrogen-bond donors (Lipinski definition) is 0. The molecule has 0 aliphatic heterocycles. The first kappa shape index (κ1) is 19.6. The molecule has 0 radical (unpaired) electrons. The first-order valence-corrected chi connectivity index (χ1v) is 9.33. The molecule has 0 N–H and O–H groups in total. The maximum Gasteiger partial charge on any atom is 0.150 e. The van der Waals surface area contributed by atoms with Crippen molar-refractivity contribution >= 4 is 0 Å². The lowest BCUT2D eigenvalue weighted by molar-refractivity contribution is 0.256. The van der Waals surface area contributed by atoms with E-state index < -0.39 is 11.6 Å². The summed E-state index contributed by atoms with van der Waals surface area (Å²) < 4.78 is 29.3. The number of benzene rings is 1. The molecule has 0 saturated heterocycles. The Morgan fingerprint density at radius 1 is 0.960 bits per heavy atom. The van der Waals surface area contributed by atoms with Crippen LogP contribution >= 0.6 is 0 Å². The van der Waals surface area contributed by atoms with Gasteiger partial charge in [0.2, 0.25) is 0 Å². The molecule has 0 unspecified atom stereocenters. The van der Waals surface area contributed by atoms with Gasteiger partial charge in [-0.2, -0.15) is 0 Å². The van der Waals surface area contributed by atoms with Gasteiger partial charge in [0.1, 0.15) is 11.6 Å². The number of aryl methyl sites for hydroxylation is 1. The zero-order valence-corrected chi connectivity index (χ0v) is 15.9. The van der Waals surface area contributed by atoms with Crippen LogP contribution in [0.3, 0.4) is 0 Å². The average Bonchev–Trinajstić information content (AvgIpc) is 2.84. The molecule has 25 heavy (non-hydrogen) atoms. The molecular formula is C21H30F2N2. The van der Waals surface area contributed by atoms with E-state index >= 15 is 0 Å². The van der Waals surface area contributed by atoms with Crippen LogP contribution in [0.1, 0.15) is 56.5 Å². The minimum atomic E-state index is -0.547. The van der Waals surface area contributed by atoms with Gasteiger partial charge < -0.3 is 4.57 Å². The molecule has 1 aromatic carbocycles. The Kier molecular flexibility index (Phi) is 7.18. The lowest BCUT2D eigenvalue weighted by Crippen LogP contribution is -2.25. The highest BCUT2D eigenvalue weighted by Crippen LogP contribution is 2.24. The number of halogens is 2. The highest BCUT2D eigenvalue weighted by Gasteiger charge is 2.16. The van der Waals surface area contributed by atoms with E-state index in [0.29, 0.717) is 5.69 Å². The van der Waals surface area contributed by atoms with Crippen LogP contribution in [0.4, 0.5) is 8.78 Å². The second kappa shape index (κ2) is 9.14. The fraction of sp³-hybridized carbons (Fsp3) is 0.524. The van der Waals surface area contributed by atoms with Gasteiger partial charge in [-0.15, -0.1) is 0 Å². The van der Waals surface area contributed by atoms with E-state index in [4.69, 9.17) is 0 Å². The maximum absolute atomic E-state index is 14.2. The van der Waals surface area contributed by atoms with Crippen molar-refractivity contribution in [3.63, 3.8) is 0 Å². The van der Waals surface area contributed by atoms with Crippen molar-refractivity contribution in [3.8, 4) is 5.69 Å². The summed E-state index contributed by atoms with van der Waals surface area (Å²) in [7, 11) is 0. The Hall–Kier alpha value is -1.68. The van der Waals surface area contributed by atoms with Crippen LogP contribution in [-0.4, -0.2) is 22.6 Å². The van der Waals surface area contributed by atoms with Gasteiger partial charge in [-0.25, -0.2) is 8.78 Å². The summed E-state index contributed by atoms with van der Waals surface area (Å²) in [6.45, 7) is 11.5. The van der Waals surface area contributed by atoms with Crippen LogP contribution in [0.15, 0.2) is 24.3 Å². The van der Waals surface area contributed by atoms with Crippen LogP contribution in [-0.2, 0) is 6.54 Å². The molecule has 0 bridgehead atoms. The first-order chi connectivity index (χ1) is 12.0. The first-order valence-electron chi connectivity index (χ1n) is 9.33. The molecule has 0 fully saturated rings. The third-order valence-electron chi connectivity index (χ3n) is 4.74. The van der Waals surface area contributed by atoms with Crippen molar-refractivity contribution in [2.75, 3.05) is 13.1 Å². The molecular weight excluding hydrogens is 318 g/mol. The number of nitrogens with zero attached hydrogens (tertiary/aromatic N) is 2. The summed E-state index contributed by atoms with van der Waals surface area (Å²) in [5.41, 5.74) is 3.63. The number of rotatable bonds is 9. The van der Waals surface area contributed by atoms with E-state index in [0.717, 1.165) is 37.1 Å². The van der Waals surface area contributed by atoms with Crippen molar-refractivity contribution in [1.29, 1.82) is 0 Å². The predicted octanol–water partition coefficient (Wildman–Crippen LogP) is 5.77. The lowest BCUT2D eigenvalue weighted by atomic mass is 10.2. The Labute approximate surface area is 150 Å². The maximum atomic E-state index is 14.2. The van der Waals surface area contributed by atoms with Crippen molar-refractivity contribution in [3.05, 3.63) is 52.9 Å². The zero-order chi connectivity index (χ0) is 18.4. The van der Waals surface area contributed by atoms with Crippen molar-refractivity contribution < 1.29 is 8.78 Å². The fourth-order valence-corrected chi connectivity index (χ4v) is 3.30. The molecule has 0 amide bonds. The topological polar surface area (TPSA) is 8.17 Å². The summed E-state index contributed by atoms with van der Waals surface area (Å²) in [5, 5.41) is 0. The summed E-state index contributed by atoms with van der Waals surface area (Å²) in [4.78, 5) is 2.49. The van der Waals surface area contributed by atoms with Crippen LogP contribution in [0.2, 0.25) is 0 Å². The third-order valence-corrected chi connectivity index (χ3v) is 4.74. The lowest BCUT2D eigenvalue weighted by Gasteiger charge is -2.22. The molecule has 0 saturated carbocycles. The van der Waals surface area contributed by atoms with Gasteiger partial charge in [-0.05, 0) is 63.5 Å². The third kappa shape index (κ3) is 4.91. The average molecular weight is 348 g/mol. The Morgan fingerprint density at radius 3 is 2.16 bits per heavy atom. The van der Waals surface area contributed by atoms with Crippen LogP contribution in [0, 0.1) is 25.5 Å². The Morgan fingerprint density at radius 2 is 1.60 bits per heavy atom. The van der Waals surface area contributed by atoms with Crippen molar-refractivity contribution in [2.45, 2.75) is 59.9 Å². The SMILES string of the molecule is CCCCN(CCCC)Cc1cc(C)n(-c2ccc(F)cc2F)c1C. The van der Waals surface area contributed by atoms with Gasteiger partial charge >= 0.3 is 0 Å². The molecule has 0 aliphatic rings. The minimum absolute atomic E-state index is 0.413. The van der Waals surface area contributed by atoms with Gasteiger partial charge in [0, 0.05) is 24.0 Å². The van der Waals surface area contributed by atoms with E-state index in [-0.39, 0.29) is 0 Å². The van der Waals surface area contributed by atoms with Crippen LogP contribution < -0.4 is 0 Å². The molecule has 138 valence electrons. The minimum Gasteiger partial charge on any atom is -0.315 e. The molecule has 2 nitrogen and oxygen atoms in total. The summed E-state index contributed by atoms with van der Waals surface area (Å²) in [6, 6.07) is 5.90. The summed E-state index contributed by atoms with van der Waals surface area (Å²) >= 11 is 0. The Bertz CT molecular complexity index is 683. The second-order valence-corrected chi connectivity index (χ2v) is 6.81. The quantitative estimate of drug-likeness (QED) is 0.558. The highest BCUT2D eigenvalue weighted by atomic mass is 19.1. The number of aromatic nitrogens is 1. The largest absolute Gasteiger partial charge is 0.315 e. The van der Waals surface area contributed by atoms with Gasteiger partial charge in [-0.1, -0.05) is 26.7 Å². The molecule has 2 aromatic rings. The fourth-order valence-electron chi connectivity index (χ4n) is 3.30. The molecule has 0 atom stereocenters. The summed E-state index contributed by atoms with van der Waals surface area (Å²) in [6.07, 6.45) is 4.75. The number of unbranched alkanes of at least 4 members (excludes halogenated alkanes) is 2. The molecule has 4 heteroatoms. The van der Waals surface area contributed by atoms with Gasteiger partial charge in [0.05, 0.1) is 5.69 Å². The van der Waals surface area contributed by atoms with E-state index in [2.05, 4.69) is 24.8 Å². The van der Waals surface area contributed by atoms with Crippen LogP contribution in [0.5, 0.6) is 0 Å². The molecule has 0 aliphatic carbocycles. The highest BCUT2D eigenvalue weighted by molar-refractivity contribution is 5.42.